The van der Waals surface area contributed by atoms with Gasteiger partial charge in [-0.25, -0.2) is 9.37 Å². The van der Waals surface area contributed by atoms with Crippen molar-refractivity contribution >= 4 is 22.9 Å². The number of nitrogens with one attached hydrogen (secondary N) is 1. The number of oxazole rings is 1. The first-order chi connectivity index (χ1) is 14.5. The molecule has 0 bridgehead atoms. The van der Waals surface area contributed by atoms with Gasteiger partial charge in [0.25, 0.3) is 5.91 Å². The Bertz CT molecular complexity index is 1080. The Kier molecular flexibility index (Phi) is 5.53. The van der Waals surface area contributed by atoms with Crippen molar-refractivity contribution in [3.05, 3.63) is 53.8 Å². The molecule has 0 spiro atoms. The van der Waals surface area contributed by atoms with Crippen LogP contribution in [0.15, 0.2) is 46.9 Å². The number of nitrogens with zero attached hydrogens (tertiary/aromatic N) is 2. The SMILES string of the molecule is CCNC(=O)C1CCC(N(C)C(=O)c2ccc(-c3nc4cc(F)ccc4o3)cc2)C1. The van der Waals surface area contributed by atoms with Crippen molar-refractivity contribution in [2.24, 2.45) is 5.92 Å². The smallest absolute Gasteiger partial charge is 0.253 e. The largest absolute Gasteiger partial charge is 0.436 e. The van der Waals surface area contributed by atoms with Crippen molar-refractivity contribution < 1.29 is 18.4 Å². The van der Waals surface area contributed by atoms with Crippen LogP contribution in [0.4, 0.5) is 4.39 Å². The molecule has 7 heteroatoms. The monoisotopic (exact) mass is 409 g/mol. The fourth-order valence-corrected chi connectivity index (χ4v) is 4.02. The number of rotatable bonds is 5. The van der Waals surface area contributed by atoms with Crippen LogP contribution in [0.1, 0.15) is 36.5 Å². The summed E-state index contributed by atoms with van der Waals surface area (Å²) in [5.74, 6) is -0.0288. The van der Waals surface area contributed by atoms with Gasteiger partial charge in [-0.1, -0.05) is 0 Å². The standard InChI is InChI=1S/C23H24FN3O3/c1-3-25-21(28)16-8-10-18(12-16)27(2)23(29)15-6-4-14(5-7-15)22-26-19-13-17(24)9-11-20(19)30-22/h4-7,9,11,13,16,18H,3,8,10,12H2,1-2H3,(H,25,28). The van der Waals surface area contributed by atoms with Crippen molar-refractivity contribution in [2.45, 2.75) is 32.2 Å². The average Bonchev–Trinajstić information content (AvgIpc) is 3.40. The van der Waals surface area contributed by atoms with Gasteiger partial charge in [-0.3, -0.25) is 9.59 Å². The molecule has 1 fully saturated rings. The molecule has 1 aliphatic rings. The number of hydrogen-bond acceptors (Lipinski definition) is 4. The fraction of sp³-hybridized carbons (Fsp3) is 0.348. The van der Waals surface area contributed by atoms with E-state index in [0.29, 0.717) is 41.1 Å². The predicted octanol–water partition coefficient (Wildman–Crippen LogP) is 4.01. The normalized spacial score (nSPS) is 18.5. The van der Waals surface area contributed by atoms with Crippen molar-refractivity contribution in [3.63, 3.8) is 0 Å². The number of carbonyl (C=O) groups excluding carboxylic acids is 2. The molecule has 30 heavy (non-hydrogen) atoms. The van der Waals surface area contributed by atoms with E-state index in [-0.39, 0.29) is 29.6 Å². The molecule has 1 N–H and O–H groups in total. The highest BCUT2D eigenvalue weighted by molar-refractivity contribution is 5.94. The van der Waals surface area contributed by atoms with Crippen LogP contribution in [0, 0.1) is 11.7 Å². The van der Waals surface area contributed by atoms with Crippen LogP contribution in [-0.2, 0) is 4.79 Å². The Morgan fingerprint density at radius 2 is 1.97 bits per heavy atom. The summed E-state index contributed by atoms with van der Waals surface area (Å²) in [5.41, 5.74) is 2.23. The summed E-state index contributed by atoms with van der Waals surface area (Å²) in [6.07, 6.45) is 2.30. The average molecular weight is 409 g/mol. The fourth-order valence-electron chi connectivity index (χ4n) is 4.02. The molecule has 1 saturated carbocycles. The second kappa shape index (κ2) is 8.26. The lowest BCUT2D eigenvalue weighted by Gasteiger charge is -2.25. The molecule has 2 atom stereocenters. The van der Waals surface area contributed by atoms with Crippen LogP contribution in [0.2, 0.25) is 0 Å². The van der Waals surface area contributed by atoms with Crippen molar-refractivity contribution in [1.82, 2.24) is 15.2 Å². The lowest BCUT2D eigenvalue weighted by atomic mass is 10.1. The van der Waals surface area contributed by atoms with E-state index in [1.165, 1.54) is 12.1 Å². The molecule has 2 amide bonds. The summed E-state index contributed by atoms with van der Waals surface area (Å²) >= 11 is 0. The Labute approximate surface area is 174 Å². The summed E-state index contributed by atoms with van der Waals surface area (Å²) in [5, 5.41) is 2.86. The van der Waals surface area contributed by atoms with E-state index in [1.54, 1.807) is 42.3 Å². The predicted molar refractivity (Wildman–Crippen MR) is 111 cm³/mol. The van der Waals surface area contributed by atoms with Crippen LogP contribution in [0.25, 0.3) is 22.6 Å². The van der Waals surface area contributed by atoms with Gasteiger partial charge in [0, 0.05) is 42.7 Å². The highest BCUT2D eigenvalue weighted by atomic mass is 19.1. The molecule has 4 rings (SSSR count). The maximum Gasteiger partial charge on any atom is 0.253 e. The third kappa shape index (κ3) is 3.92. The number of amides is 2. The molecule has 1 aromatic heterocycles. The van der Waals surface area contributed by atoms with Crippen molar-refractivity contribution in [2.75, 3.05) is 13.6 Å². The van der Waals surface area contributed by atoms with Gasteiger partial charge in [0.2, 0.25) is 11.8 Å². The Hall–Kier alpha value is -3.22. The van der Waals surface area contributed by atoms with Crippen molar-refractivity contribution in [3.8, 4) is 11.5 Å². The van der Waals surface area contributed by atoms with E-state index < -0.39 is 0 Å². The van der Waals surface area contributed by atoms with Crippen molar-refractivity contribution in [1.29, 1.82) is 0 Å². The highest BCUT2D eigenvalue weighted by Crippen LogP contribution is 2.30. The lowest BCUT2D eigenvalue weighted by molar-refractivity contribution is -0.124. The van der Waals surface area contributed by atoms with Crippen LogP contribution in [0.3, 0.4) is 0 Å². The lowest BCUT2D eigenvalue weighted by Crippen LogP contribution is -2.36. The van der Waals surface area contributed by atoms with Gasteiger partial charge in [-0.05, 0) is 62.6 Å². The molecule has 0 saturated heterocycles. The zero-order valence-electron chi connectivity index (χ0n) is 17.0. The zero-order valence-corrected chi connectivity index (χ0v) is 17.0. The third-order valence-electron chi connectivity index (χ3n) is 5.72. The van der Waals surface area contributed by atoms with E-state index >= 15 is 0 Å². The maximum absolute atomic E-state index is 13.4. The quantitative estimate of drug-likeness (QED) is 0.691. The minimum absolute atomic E-state index is 0.0310. The number of fused-ring (bicyclic) bond motifs is 1. The minimum Gasteiger partial charge on any atom is -0.436 e. The van der Waals surface area contributed by atoms with E-state index in [4.69, 9.17) is 4.42 Å². The van der Waals surface area contributed by atoms with Gasteiger partial charge in [-0.15, -0.1) is 0 Å². The van der Waals surface area contributed by atoms with E-state index in [9.17, 15) is 14.0 Å². The number of benzene rings is 2. The summed E-state index contributed by atoms with van der Waals surface area (Å²) in [6, 6.07) is 11.3. The minimum atomic E-state index is -0.368. The number of hydrogen-bond donors (Lipinski definition) is 1. The maximum atomic E-state index is 13.4. The summed E-state index contributed by atoms with van der Waals surface area (Å²) in [4.78, 5) is 31.0. The molecule has 156 valence electrons. The van der Waals surface area contributed by atoms with Crippen LogP contribution in [-0.4, -0.2) is 41.3 Å². The molecule has 2 aromatic carbocycles. The van der Waals surface area contributed by atoms with Gasteiger partial charge in [0.15, 0.2) is 5.58 Å². The highest BCUT2D eigenvalue weighted by Gasteiger charge is 2.33. The van der Waals surface area contributed by atoms with Gasteiger partial charge >= 0.3 is 0 Å². The third-order valence-corrected chi connectivity index (χ3v) is 5.72. The zero-order chi connectivity index (χ0) is 21.3. The first-order valence-corrected chi connectivity index (χ1v) is 10.2. The molecular formula is C23H24FN3O3. The van der Waals surface area contributed by atoms with Crippen LogP contribution < -0.4 is 5.32 Å². The molecule has 3 aromatic rings. The van der Waals surface area contributed by atoms with Crippen LogP contribution in [0.5, 0.6) is 0 Å². The van der Waals surface area contributed by atoms with Gasteiger partial charge in [0.05, 0.1) is 0 Å². The van der Waals surface area contributed by atoms with Gasteiger partial charge in [-0.2, -0.15) is 0 Å². The number of halogens is 1. The Morgan fingerprint density at radius 3 is 2.70 bits per heavy atom. The molecular weight excluding hydrogens is 385 g/mol. The van der Waals surface area contributed by atoms with E-state index in [2.05, 4.69) is 10.3 Å². The second-order valence-corrected chi connectivity index (χ2v) is 7.68. The first kappa shape index (κ1) is 20.1. The van der Waals surface area contributed by atoms with Gasteiger partial charge < -0.3 is 14.6 Å². The Balaban J connectivity index is 1.45. The summed E-state index contributed by atoms with van der Waals surface area (Å²) < 4.78 is 19.0. The molecule has 2 unspecified atom stereocenters. The summed E-state index contributed by atoms with van der Waals surface area (Å²) in [7, 11) is 1.79. The van der Waals surface area contributed by atoms with E-state index in [0.717, 1.165) is 12.8 Å². The molecule has 1 heterocycles. The van der Waals surface area contributed by atoms with Gasteiger partial charge in [0.1, 0.15) is 11.3 Å². The molecule has 6 nitrogen and oxygen atoms in total. The second-order valence-electron chi connectivity index (χ2n) is 7.68. The number of carbonyl (C=O) groups is 2. The molecule has 1 aliphatic carbocycles. The Morgan fingerprint density at radius 1 is 1.20 bits per heavy atom. The number of aromatic nitrogens is 1. The van der Waals surface area contributed by atoms with Crippen LogP contribution >= 0.6 is 0 Å². The van der Waals surface area contributed by atoms with E-state index in [1.807, 2.05) is 6.92 Å². The first-order valence-electron chi connectivity index (χ1n) is 10.2. The molecule has 0 radical (unpaired) electrons. The summed E-state index contributed by atoms with van der Waals surface area (Å²) in [6.45, 7) is 2.53. The molecule has 0 aliphatic heterocycles. The topological polar surface area (TPSA) is 75.4 Å².